The maximum Gasteiger partial charge on any atom is 0.191 e. The molecule has 1 saturated carbocycles. The van der Waals surface area contributed by atoms with E-state index in [2.05, 4.69) is 53.7 Å². The van der Waals surface area contributed by atoms with Gasteiger partial charge in [-0.1, -0.05) is 27.7 Å². The number of rotatable bonds is 3. The van der Waals surface area contributed by atoms with Crippen LogP contribution in [0.1, 0.15) is 44.8 Å². The van der Waals surface area contributed by atoms with Gasteiger partial charge in [-0.3, -0.25) is 4.99 Å². The lowest BCUT2D eigenvalue weighted by Crippen LogP contribution is -2.38. The number of thiazole rings is 1. The van der Waals surface area contributed by atoms with Crippen LogP contribution in [0, 0.1) is 5.92 Å². The summed E-state index contributed by atoms with van der Waals surface area (Å²) in [6.45, 7) is 9.56. The Morgan fingerprint density at radius 3 is 2.60 bits per heavy atom. The number of nitrogens with one attached hydrogen (secondary N) is 2. The molecule has 1 aromatic rings. The first-order chi connectivity index (χ1) is 8.90. The summed E-state index contributed by atoms with van der Waals surface area (Å²) >= 11 is 1.73. The number of guanidine groups is 1. The summed E-state index contributed by atoms with van der Waals surface area (Å²) in [7, 11) is 1.81. The van der Waals surface area contributed by atoms with Crippen LogP contribution in [0.5, 0.6) is 0 Å². The molecule has 0 saturated heterocycles. The molecule has 0 aromatic carbocycles. The minimum Gasteiger partial charge on any atom is -0.353 e. The largest absolute Gasteiger partial charge is 0.353 e. The van der Waals surface area contributed by atoms with Crippen LogP contribution in [0.4, 0.5) is 0 Å². The third-order valence-corrected chi connectivity index (χ3v) is 4.60. The summed E-state index contributed by atoms with van der Waals surface area (Å²) in [5.41, 5.74) is 1.22. The molecule has 1 fully saturated rings. The zero-order valence-corrected chi connectivity index (χ0v) is 16.0. The maximum absolute atomic E-state index is 4.67. The van der Waals surface area contributed by atoms with Crippen LogP contribution in [-0.2, 0) is 12.0 Å². The van der Waals surface area contributed by atoms with Crippen LogP contribution in [0.2, 0.25) is 0 Å². The summed E-state index contributed by atoms with van der Waals surface area (Å²) in [6.07, 6.45) is 1.24. The van der Waals surface area contributed by atoms with Gasteiger partial charge in [0, 0.05) is 23.9 Å². The number of nitrogens with zero attached hydrogens (tertiary/aromatic N) is 2. The second kappa shape index (κ2) is 7.06. The van der Waals surface area contributed by atoms with Crippen molar-refractivity contribution in [3.8, 4) is 0 Å². The minimum absolute atomic E-state index is 0. The van der Waals surface area contributed by atoms with Gasteiger partial charge in [0.25, 0.3) is 0 Å². The lowest BCUT2D eigenvalue weighted by atomic mass is 9.98. The van der Waals surface area contributed by atoms with Crippen LogP contribution in [-0.4, -0.2) is 24.0 Å². The van der Waals surface area contributed by atoms with E-state index in [0.717, 1.165) is 24.1 Å². The first-order valence-corrected chi connectivity index (χ1v) is 7.70. The van der Waals surface area contributed by atoms with Gasteiger partial charge in [-0.25, -0.2) is 4.98 Å². The maximum atomic E-state index is 4.67. The van der Waals surface area contributed by atoms with E-state index in [1.165, 1.54) is 11.4 Å². The third kappa shape index (κ3) is 4.87. The van der Waals surface area contributed by atoms with Crippen LogP contribution in [0.15, 0.2) is 10.4 Å². The number of aromatic nitrogens is 1. The molecule has 1 heterocycles. The standard InChI is InChI=1S/C14H24N4S.HI/c1-9-6-11(9)18-13(15-5)16-7-10-8-19-12(17-10)14(2,3)4;/h8-9,11H,6-7H2,1-5H3,(H2,15,16,18);1H. The first-order valence-electron chi connectivity index (χ1n) is 6.82. The van der Waals surface area contributed by atoms with Gasteiger partial charge in [-0.15, -0.1) is 35.3 Å². The van der Waals surface area contributed by atoms with Crippen LogP contribution >= 0.6 is 35.3 Å². The summed E-state index contributed by atoms with van der Waals surface area (Å²) in [4.78, 5) is 8.91. The fourth-order valence-electron chi connectivity index (χ4n) is 1.80. The molecule has 20 heavy (non-hydrogen) atoms. The highest BCUT2D eigenvalue weighted by Gasteiger charge is 2.33. The molecule has 0 spiro atoms. The molecule has 1 aliphatic carbocycles. The molecule has 6 heteroatoms. The lowest BCUT2D eigenvalue weighted by Gasteiger charge is -2.14. The molecular weight excluding hydrogens is 383 g/mol. The van der Waals surface area contributed by atoms with Crippen molar-refractivity contribution in [2.75, 3.05) is 7.05 Å². The third-order valence-electron chi connectivity index (χ3n) is 3.29. The molecular formula is C14H25IN4S. The topological polar surface area (TPSA) is 49.3 Å². The number of hydrogen-bond acceptors (Lipinski definition) is 3. The van der Waals surface area contributed by atoms with Gasteiger partial charge in [0.05, 0.1) is 17.2 Å². The predicted octanol–water partition coefficient (Wildman–Crippen LogP) is 3.13. The van der Waals surface area contributed by atoms with Crippen molar-refractivity contribution >= 4 is 41.3 Å². The van der Waals surface area contributed by atoms with Crippen molar-refractivity contribution in [1.82, 2.24) is 15.6 Å². The van der Waals surface area contributed by atoms with E-state index < -0.39 is 0 Å². The van der Waals surface area contributed by atoms with Gasteiger partial charge < -0.3 is 10.6 Å². The van der Waals surface area contributed by atoms with Crippen LogP contribution in [0.25, 0.3) is 0 Å². The second-order valence-corrected chi connectivity index (χ2v) is 7.14. The molecule has 2 unspecified atom stereocenters. The molecule has 2 rings (SSSR count). The highest BCUT2D eigenvalue weighted by molar-refractivity contribution is 14.0. The van der Waals surface area contributed by atoms with E-state index in [-0.39, 0.29) is 29.4 Å². The van der Waals surface area contributed by atoms with Gasteiger partial charge in [0.2, 0.25) is 0 Å². The average molecular weight is 408 g/mol. The highest BCUT2D eigenvalue weighted by Crippen LogP contribution is 2.28. The first kappa shape index (κ1) is 17.7. The van der Waals surface area contributed by atoms with Crippen molar-refractivity contribution in [1.29, 1.82) is 0 Å². The summed E-state index contributed by atoms with van der Waals surface area (Å²) in [5, 5.41) is 10.0. The average Bonchev–Trinajstić information content (AvgIpc) is 2.83. The lowest BCUT2D eigenvalue weighted by molar-refractivity contribution is 0.582. The Hall–Kier alpha value is -0.370. The van der Waals surface area contributed by atoms with E-state index >= 15 is 0 Å². The SMILES string of the molecule is CN=C(NCc1csc(C(C)(C)C)n1)NC1CC1C.I. The van der Waals surface area contributed by atoms with Gasteiger partial charge >= 0.3 is 0 Å². The van der Waals surface area contributed by atoms with E-state index in [0.29, 0.717) is 6.04 Å². The Kier molecular flexibility index (Phi) is 6.25. The fourth-order valence-corrected chi connectivity index (χ4v) is 2.71. The van der Waals surface area contributed by atoms with Crippen molar-refractivity contribution in [3.05, 3.63) is 16.1 Å². The van der Waals surface area contributed by atoms with E-state index in [1.807, 2.05) is 7.05 Å². The monoisotopic (exact) mass is 408 g/mol. The quantitative estimate of drug-likeness (QED) is 0.459. The molecule has 0 radical (unpaired) electrons. The molecule has 0 amide bonds. The Morgan fingerprint density at radius 2 is 2.15 bits per heavy atom. The molecule has 4 nitrogen and oxygen atoms in total. The Bertz CT molecular complexity index is 464. The summed E-state index contributed by atoms with van der Waals surface area (Å²) in [6, 6.07) is 0.590. The van der Waals surface area contributed by atoms with Gasteiger partial charge in [-0.05, 0) is 12.3 Å². The van der Waals surface area contributed by atoms with E-state index in [9.17, 15) is 0 Å². The van der Waals surface area contributed by atoms with Crippen LogP contribution < -0.4 is 10.6 Å². The molecule has 0 aliphatic heterocycles. The normalized spacial score (nSPS) is 22.1. The molecule has 114 valence electrons. The molecule has 1 aliphatic rings. The fraction of sp³-hybridized carbons (Fsp3) is 0.714. The van der Waals surface area contributed by atoms with Crippen molar-refractivity contribution < 1.29 is 0 Å². The number of halogens is 1. The Morgan fingerprint density at radius 1 is 1.50 bits per heavy atom. The van der Waals surface area contributed by atoms with E-state index in [1.54, 1.807) is 11.3 Å². The van der Waals surface area contributed by atoms with Gasteiger partial charge in [-0.2, -0.15) is 0 Å². The number of aliphatic imine (C=N–C) groups is 1. The van der Waals surface area contributed by atoms with Gasteiger partial charge in [0.15, 0.2) is 5.96 Å². The minimum atomic E-state index is 0. The molecule has 2 N–H and O–H groups in total. The Balaban J connectivity index is 0.00000200. The second-order valence-electron chi connectivity index (χ2n) is 6.28. The Labute approximate surface area is 142 Å². The predicted molar refractivity (Wildman–Crippen MR) is 97.1 cm³/mol. The molecule has 1 aromatic heterocycles. The van der Waals surface area contributed by atoms with E-state index in [4.69, 9.17) is 0 Å². The zero-order chi connectivity index (χ0) is 14.0. The zero-order valence-electron chi connectivity index (χ0n) is 12.9. The molecule has 0 bridgehead atoms. The van der Waals surface area contributed by atoms with Crippen molar-refractivity contribution in [2.24, 2.45) is 10.9 Å². The molecule has 2 atom stereocenters. The van der Waals surface area contributed by atoms with Crippen LogP contribution in [0.3, 0.4) is 0 Å². The smallest absolute Gasteiger partial charge is 0.191 e. The highest BCUT2D eigenvalue weighted by atomic mass is 127. The number of hydrogen-bond donors (Lipinski definition) is 2. The van der Waals surface area contributed by atoms with Crippen molar-refractivity contribution in [2.45, 2.75) is 52.1 Å². The van der Waals surface area contributed by atoms with Gasteiger partial charge in [0.1, 0.15) is 0 Å². The van der Waals surface area contributed by atoms with Crippen molar-refractivity contribution in [3.63, 3.8) is 0 Å². The summed E-state index contributed by atoms with van der Waals surface area (Å²) < 4.78 is 0. The summed E-state index contributed by atoms with van der Waals surface area (Å²) in [5.74, 6) is 1.64.